The van der Waals surface area contributed by atoms with E-state index in [2.05, 4.69) is 252 Å². The van der Waals surface area contributed by atoms with Crippen molar-refractivity contribution in [1.29, 1.82) is 0 Å². The van der Waals surface area contributed by atoms with Gasteiger partial charge < -0.3 is 9.47 Å². The highest BCUT2D eigenvalue weighted by atomic mass is 15.1. The van der Waals surface area contributed by atoms with Crippen LogP contribution >= 0.6 is 0 Å². The van der Waals surface area contributed by atoms with Crippen LogP contribution in [-0.2, 0) is 0 Å². The fourth-order valence-corrected chi connectivity index (χ4v) is 8.90. The highest BCUT2D eigenvalue weighted by Crippen LogP contribution is 2.42. The Balaban J connectivity index is 0.954. The van der Waals surface area contributed by atoms with Gasteiger partial charge in [-0.2, -0.15) is 0 Å². The van der Waals surface area contributed by atoms with Gasteiger partial charge >= 0.3 is 0 Å². The average Bonchev–Trinajstić information content (AvgIpc) is 3.67. The Bertz CT molecular complexity index is 3240. The van der Waals surface area contributed by atoms with Crippen LogP contribution in [0.3, 0.4) is 0 Å². The van der Waals surface area contributed by atoms with E-state index in [0.29, 0.717) is 0 Å². The lowest BCUT2D eigenvalue weighted by atomic mass is 9.98. The molecule has 0 saturated heterocycles. The molecule has 11 rings (SSSR count). The number of anilines is 3. The third-order valence-corrected chi connectivity index (χ3v) is 11.8. The molecular weight excluding hydrogens is 725 g/mol. The predicted molar refractivity (Wildman–Crippen MR) is 255 cm³/mol. The lowest BCUT2D eigenvalue weighted by Crippen LogP contribution is -2.10. The summed E-state index contributed by atoms with van der Waals surface area (Å²) in [6.07, 6.45) is 0. The summed E-state index contributed by atoms with van der Waals surface area (Å²) in [5.74, 6) is 0. The number of fused-ring (bicyclic) bond motifs is 4. The maximum absolute atomic E-state index is 2.41. The van der Waals surface area contributed by atoms with E-state index in [1.54, 1.807) is 0 Å². The van der Waals surface area contributed by atoms with Gasteiger partial charge in [0.15, 0.2) is 0 Å². The van der Waals surface area contributed by atoms with Gasteiger partial charge in [0.25, 0.3) is 0 Å². The summed E-state index contributed by atoms with van der Waals surface area (Å²) in [6.45, 7) is 0. The molecule has 0 amide bonds. The van der Waals surface area contributed by atoms with Gasteiger partial charge in [-0.05, 0) is 98.9 Å². The zero-order chi connectivity index (χ0) is 39.8. The topological polar surface area (TPSA) is 8.17 Å². The lowest BCUT2D eigenvalue weighted by Gasteiger charge is -2.27. The van der Waals surface area contributed by atoms with Crippen molar-refractivity contribution in [3.63, 3.8) is 0 Å². The van der Waals surface area contributed by atoms with Crippen LogP contribution in [0.15, 0.2) is 243 Å². The molecule has 0 aliphatic heterocycles. The van der Waals surface area contributed by atoms with Crippen molar-refractivity contribution < 1.29 is 0 Å². The van der Waals surface area contributed by atoms with Crippen molar-refractivity contribution in [2.75, 3.05) is 4.90 Å². The lowest BCUT2D eigenvalue weighted by molar-refractivity contribution is 1.18. The number of nitrogens with zero attached hydrogens (tertiary/aromatic N) is 2. The fraction of sp³-hybridized carbons (Fsp3) is 0. The molecule has 1 heterocycles. The number of hydrogen-bond acceptors (Lipinski definition) is 1. The molecule has 0 aliphatic rings. The quantitative estimate of drug-likeness (QED) is 0.150. The predicted octanol–water partition coefficient (Wildman–Crippen LogP) is 16.1. The number of aromatic nitrogens is 1. The van der Waals surface area contributed by atoms with Crippen LogP contribution in [0.5, 0.6) is 0 Å². The molecule has 0 radical (unpaired) electrons. The second-order valence-electron chi connectivity index (χ2n) is 15.3. The molecule has 2 nitrogen and oxygen atoms in total. The standard InChI is InChI=1S/C58H40N2/c1-2-15-41(16-3-1)46-19-12-20-47(39-46)48-21-13-22-50(40-48)59(55-30-14-18-44-17-4-5-23-51(44)55)49-37-35-43(36-38-49)42-31-33-45(34-32-42)52-24-6-9-27-56(52)60-57-28-10-7-25-53(57)54-26-8-11-29-58(54)60/h1-40H. The van der Waals surface area contributed by atoms with Gasteiger partial charge in [0.1, 0.15) is 0 Å². The van der Waals surface area contributed by atoms with Gasteiger partial charge in [-0.1, -0.05) is 188 Å². The van der Waals surface area contributed by atoms with Gasteiger partial charge in [0.2, 0.25) is 0 Å². The molecule has 282 valence electrons. The number of benzene rings is 10. The van der Waals surface area contributed by atoms with E-state index in [9.17, 15) is 0 Å². The Morgan fingerprint density at radius 2 is 0.767 bits per heavy atom. The van der Waals surface area contributed by atoms with Crippen molar-refractivity contribution in [1.82, 2.24) is 4.57 Å². The van der Waals surface area contributed by atoms with Crippen LogP contribution in [0.25, 0.3) is 82.8 Å². The second kappa shape index (κ2) is 15.1. The molecular formula is C58H40N2. The highest BCUT2D eigenvalue weighted by Gasteiger charge is 2.18. The molecule has 0 fully saturated rings. The van der Waals surface area contributed by atoms with Gasteiger partial charge in [-0.25, -0.2) is 0 Å². The third-order valence-electron chi connectivity index (χ3n) is 11.8. The average molecular weight is 765 g/mol. The number of rotatable bonds is 8. The Morgan fingerprint density at radius 3 is 1.50 bits per heavy atom. The van der Waals surface area contributed by atoms with Crippen LogP contribution in [0.1, 0.15) is 0 Å². The molecule has 11 aromatic rings. The summed E-state index contributed by atoms with van der Waals surface area (Å²) in [6, 6.07) is 87.8. The molecule has 0 unspecified atom stereocenters. The van der Waals surface area contributed by atoms with Crippen molar-refractivity contribution in [2.24, 2.45) is 0 Å². The molecule has 0 saturated carbocycles. The van der Waals surface area contributed by atoms with E-state index in [-0.39, 0.29) is 0 Å². The van der Waals surface area contributed by atoms with E-state index in [1.807, 2.05) is 0 Å². The molecule has 0 atom stereocenters. The van der Waals surface area contributed by atoms with Crippen LogP contribution in [0.4, 0.5) is 17.1 Å². The summed E-state index contributed by atoms with van der Waals surface area (Å²) < 4.78 is 2.41. The van der Waals surface area contributed by atoms with Crippen molar-refractivity contribution >= 4 is 49.6 Å². The largest absolute Gasteiger partial charge is 0.310 e. The highest BCUT2D eigenvalue weighted by molar-refractivity contribution is 6.09. The summed E-state index contributed by atoms with van der Waals surface area (Å²) >= 11 is 0. The van der Waals surface area contributed by atoms with E-state index in [0.717, 1.165) is 17.1 Å². The van der Waals surface area contributed by atoms with Crippen molar-refractivity contribution in [2.45, 2.75) is 0 Å². The number of hydrogen-bond donors (Lipinski definition) is 0. The SMILES string of the molecule is c1ccc(-c2cccc(-c3cccc(N(c4ccc(-c5ccc(-c6ccccc6-n6c7ccccc7c7ccccc76)cc5)cc4)c4cccc5ccccc45)c3)c2)cc1. The van der Waals surface area contributed by atoms with E-state index < -0.39 is 0 Å². The van der Waals surface area contributed by atoms with Gasteiger partial charge in [0, 0.05) is 33.1 Å². The zero-order valence-electron chi connectivity index (χ0n) is 33.0. The van der Waals surface area contributed by atoms with Crippen LogP contribution < -0.4 is 4.90 Å². The molecule has 0 bridgehead atoms. The summed E-state index contributed by atoms with van der Waals surface area (Å²) in [5.41, 5.74) is 16.5. The maximum Gasteiger partial charge on any atom is 0.0541 e. The Kier molecular flexibility index (Phi) is 8.87. The molecule has 2 heteroatoms. The Morgan fingerprint density at radius 1 is 0.283 bits per heavy atom. The first-order valence-corrected chi connectivity index (χ1v) is 20.6. The Hall–Kier alpha value is -7.94. The van der Waals surface area contributed by atoms with Crippen molar-refractivity contribution in [3.05, 3.63) is 243 Å². The summed E-state index contributed by atoms with van der Waals surface area (Å²) in [5, 5.41) is 4.95. The third kappa shape index (κ3) is 6.32. The van der Waals surface area contributed by atoms with Gasteiger partial charge in [0.05, 0.1) is 22.4 Å². The van der Waals surface area contributed by atoms with Gasteiger partial charge in [-0.15, -0.1) is 0 Å². The summed E-state index contributed by atoms with van der Waals surface area (Å²) in [4.78, 5) is 2.39. The first-order valence-electron chi connectivity index (χ1n) is 20.6. The molecule has 1 aromatic heterocycles. The minimum Gasteiger partial charge on any atom is -0.310 e. The smallest absolute Gasteiger partial charge is 0.0541 e. The maximum atomic E-state index is 2.41. The normalized spacial score (nSPS) is 11.3. The fourth-order valence-electron chi connectivity index (χ4n) is 8.90. The first kappa shape index (κ1) is 35.2. The minimum absolute atomic E-state index is 1.10. The molecule has 10 aromatic carbocycles. The van der Waals surface area contributed by atoms with E-state index in [1.165, 1.54) is 82.8 Å². The first-order chi connectivity index (χ1) is 29.8. The van der Waals surface area contributed by atoms with E-state index in [4.69, 9.17) is 0 Å². The van der Waals surface area contributed by atoms with Crippen LogP contribution in [-0.4, -0.2) is 4.57 Å². The minimum atomic E-state index is 1.10. The second-order valence-corrected chi connectivity index (χ2v) is 15.3. The van der Waals surface area contributed by atoms with Crippen molar-refractivity contribution in [3.8, 4) is 50.2 Å². The Labute approximate surface area is 350 Å². The van der Waals surface area contributed by atoms with Crippen LogP contribution in [0.2, 0.25) is 0 Å². The summed E-state index contributed by atoms with van der Waals surface area (Å²) in [7, 11) is 0. The molecule has 0 aliphatic carbocycles. The molecule has 60 heavy (non-hydrogen) atoms. The molecule has 0 N–H and O–H groups in total. The molecule has 0 spiro atoms. The van der Waals surface area contributed by atoms with E-state index >= 15 is 0 Å². The van der Waals surface area contributed by atoms with Gasteiger partial charge in [-0.3, -0.25) is 0 Å². The monoisotopic (exact) mass is 764 g/mol. The number of para-hydroxylation sites is 3. The van der Waals surface area contributed by atoms with Crippen LogP contribution in [0, 0.1) is 0 Å². The zero-order valence-corrected chi connectivity index (χ0v) is 33.0.